The van der Waals surface area contributed by atoms with Crippen molar-refractivity contribution in [3.63, 3.8) is 0 Å². The Bertz CT molecular complexity index is 549. The van der Waals surface area contributed by atoms with Gasteiger partial charge in [0.25, 0.3) is 5.91 Å². The molecule has 0 spiro atoms. The lowest BCUT2D eigenvalue weighted by molar-refractivity contribution is 0.0955. The summed E-state index contributed by atoms with van der Waals surface area (Å²) in [6.45, 7) is 8.36. The van der Waals surface area contributed by atoms with E-state index in [1.165, 1.54) is 0 Å². The molecule has 0 unspecified atom stereocenters. The van der Waals surface area contributed by atoms with Crippen molar-refractivity contribution in [1.29, 1.82) is 0 Å². The van der Waals surface area contributed by atoms with E-state index in [1.807, 2.05) is 43.0 Å². The van der Waals surface area contributed by atoms with Crippen LogP contribution in [-0.2, 0) is 6.54 Å². The van der Waals surface area contributed by atoms with E-state index < -0.39 is 0 Å². The Hall–Kier alpha value is -0.960. The van der Waals surface area contributed by atoms with E-state index in [0.29, 0.717) is 18.7 Å². The number of rotatable bonds is 7. The van der Waals surface area contributed by atoms with Crippen LogP contribution in [0.4, 0.5) is 0 Å². The molecular weight excluding hydrogens is 435 g/mol. The third-order valence-electron chi connectivity index (χ3n) is 3.44. The average molecular weight is 464 g/mol. The molecule has 1 aromatic carbocycles. The molecule has 24 heavy (non-hydrogen) atoms. The predicted octanol–water partition coefficient (Wildman–Crippen LogP) is 2.86. The Balaban J connectivity index is 0.00000529. The van der Waals surface area contributed by atoms with E-state index in [2.05, 4.69) is 41.0 Å². The van der Waals surface area contributed by atoms with E-state index in [0.717, 1.165) is 18.1 Å². The highest BCUT2D eigenvalue weighted by Crippen LogP contribution is 2.19. The highest BCUT2D eigenvalue weighted by Gasteiger charge is 2.16. The van der Waals surface area contributed by atoms with Gasteiger partial charge in [-0.25, -0.2) is 0 Å². The maximum atomic E-state index is 11.9. The van der Waals surface area contributed by atoms with Gasteiger partial charge in [-0.15, -0.1) is 24.0 Å². The minimum Gasteiger partial charge on any atom is -0.355 e. The molecule has 0 fully saturated rings. The molecule has 0 aliphatic heterocycles. The van der Waals surface area contributed by atoms with Crippen LogP contribution in [-0.4, -0.2) is 43.0 Å². The Morgan fingerprint density at radius 1 is 1.25 bits per heavy atom. The molecule has 3 N–H and O–H groups in total. The normalized spacial score (nSPS) is 11.5. The summed E-state index contributed by atoms with van der Waals surface area (Å²) in [4.78, 5) is 16.1. The first-order chi connectivity index (χ1) is 10.9. The molecule has 5 nitrogen and oxygen atoms in total. The Labute approximate surface area is 166 Å². The van der Waals surface area contributed by atoms with Crippen molar-refractivity contribution < 1.29 is 4.79 Å². The number of amides is 1. The highest BCUT2D eigenvalue weighted by molar-refractivity contribution is 14.0. The van der Waals surface area contributed by atoms with Gasteiger partial charge < -0.3 is 16.0 Å². The van der Waals surface area contributed by atoms with Crippen LogP contribution in [0.15, 0.2) is 29.3 Å². The first kappa shape index (κ1) is 23.0. The van der Waals surface area contributed by atoms with Crippen molar-refractivity contribution in [2.45, 2.75) is 32.1 Å². The van der Waals surface area contributed by atoms with Gasteiger partial charge in [0, 0.05) is 37.0 Å². The van der Waals surface area contributed by atoms with Crippen molar-refractivity contribution in [3.8, 4) is 0 Å². The number of guanidine groups is 1. The fourth-order valence-electron chi connectivity index (χ4n) is 1.86. The molecule has 7 heteroatoms. The number of hydrogen-bond donors (Lipinski definition) is 3. The smallest absolute Gasteiger partial charge is 0.251 e. The van der Waals surface area contributed by atoms with E-state index in [9.17, 15) is 4.79 Å². The largest absolute Gasteiger partial charge is 0.355 e. The summed E-state index contributed by atoms with van der Waals surface area (Å²) in [6, 6.07) is 7.61. The fraction of sp³-hybridized carbons (Fsp3) is 0.529. The van der Waals surface area contributed by atoms with Crippen LogP contribution in [0, 0.1) is 0 Å². The summed E-state index contributed by atoms with van der Waals surface area (Å²) < 4.78 is 0.149. The van der Waals surface area contributed by atoms with Gasteiger partial charge in [-0.05, 0) is 44.7 Å². The van der Waals surface area contributed by atoms with Gasteiger partial charge in [0.1, 0.15) is 0 Å². The number of benzene rings is 1. The minimum atomic E-state index is -0.0430. The second kappa shape index (κ2) is 11.6. The van der Waals surface area contributed by atoms with Gasteiger partial charge in [-0.2, -0.15) is 11.8 Å². The topological polar surface area (TPSA) is 65.5 Å². The Morgan fingerprint density at radius 2 is 1.96 bits per heavy atom. The molecule has 0 aliphatic carbocycles. The van der Waals surface area contributed by atoms with Crippen LogP contribution in [0.25, 0.3) is 0 Å². The average Bonchev–Trinajstić information content (AvgIpc) is 2.55. The predicted molar refractivity (Wildman–Crippen MR) is 116 cm³/mol. The molecule has 1 aromatic rings. The third-order valence-corrected chi connectivity index (χ3v) is 4.69. The standard InChI is InChI=1S/C17H28N4OS.HI/c1-6-19-15(22)14-9-7-8-13(10-14)11-20-16(18-4)21-12-17(2,3)23-5;/h7-10H,6,11-12H2,1-5H3,(H,19,22)(H2,18,20,21);1H. The molecule has 0 bridgehead atoms. The van der Waals surface area contributed by atoms with Crippen LogP contribution < -0.4 is 16.0 Å². The van der Waals surface area contributed by atoms with E-state index in [1.54, 1.807) is 7.05 Å². The number of hydrogen-bond acceptors (Lipinski definition) is 3. The van der Waals surface area contributed by atoms with Crippen molar-refractivity contribution in [2.75, 3.05) is 26.4 Å². The van der Waals surface area contributed by atoms with E-state index in [4.69, 9.17) is 0 Å². The number of nitrogens with one attached hydrogen (secondary N) is 3. The van der Waals surface area contributed by atoms with Gasteiger partial charge in [-0.1, -0.05) is 12.1 Å². The number of nitrogens with zero attached hydrogens (tertiary/aromatic N) is 1. The lowest BCUT2D eigenvalue weighted by Gasteiger charge is -2.23. The molecule has 1 rings (SSSR count). The quantitative estimate of drug-likeness (QED) is 0.330. The van der Waals surface area contributed by atoms with E-state index >= 15 is 0 Å². The molecule has 0 saturated carbocycles. The summed E-state index contributed by atoms with van der Waals surface area (Å²) in [7, 11) is 1.76. The second-order valence-electron chi connectivity index (χ2n) is 5.80. The monoisotopic (exact) mass is 464 g/mol. The van der Waals surface area contributed by atoms with Crippen molar-refractivity contribution in [1.82, 2.24) is 16.0 Å². The Kier molecular flexibility index (Phi) is 11.1. The number of aliphatic imine (C=N–C) groups is 1. The summed E-state index contributed by atoms with van der Waals surface area (Å²) in [6.07, 6.45) is 2.10. The summed E-state index contributed by atoms with van der Waals surface area (Å²) in [5.74, 6) is 0.717. The zero-order valence-corrected chi connectivity index (χ0v) is 18.2. The summed E-state index contributed by atoms with van der Waals surface area (Å²) in [5.41, 5.74) is 1.72. The van der Waals surface area contributed by atoms with Crippen molar-refractivity contribution >= 4 is 47.6 Å². The molecule has 0 heterocycles. The molecule has 1 amide bonds. The van der Waals surface area contributed by atoms with Gasteiger partial charge in [0.05, 0.1) is 0 Å². The third kappa shape index (κ3) is 8.23. The minimum absolute atomic E-state index is 0. The summed E-state index contributed by atoms with van der Waals surface area (Å²) in [5, 5.41) is 9.42. The lowest BCUT2D eigenvalue weighted by atomic mass is 10.1. The van der Waals surface area contributed by atoms with Crippen molar-refractivity contribution in [2.24, 2.45) is 4.99 Å². The number of carbonyl (C=O) groups is 1. The van der Waals surface area contributed by atoms with Crippen LogP contribution >= 0.6 is 35.7 Å². The number of carbonyl (C=O) groups excluding carboxylic acids is 1. The van der Waals surface area contributed by atoms with Crippen molar-refractivity contribution in [3.05, 3.63) is 35.4 Å². The Morgan fingerprint density at radius 3 is 2.54 bits per heavy atom. The molecule has 0 aliphatic rings. The van der Waals surface area contributed by atoms with Crippen LogP contribution in [0.3, 0.4) is 0 Å². The molecule has 136 valence electrons. The van der Waals surface area contributed by atoms with Crippen LogP contribution in [0.5, 0.6) is 0 Å². The van der Waals surface area contributed by atoms with Gasteiger partial charge in [-0.3, -0.25) is 9.79 Å². The molecule has 0 aromatic heterocycles. The second-order valence-corrected chi connectivity index (χ2v) is 7.32. The SMILES string of the molecule is CCNC(=O)c1cccc(CNC(=NC)NCC(C)(C)SC)c1.I. The van der Waals surface area contributed by atoms with Gasteiger partial charge in [0.15, 0.2) is 5.96 Å². The number of thioether (sulfide) groups is 1. The zero-order valence-electron chi connectivity index (χ0n) is 15.1. The molecule has 0 saturated heterocycles. The maximum absolute atomic E-state index is 11.9. The van der Waals surface area contributed by atoms with Gasteiger partial charge >= 0.3 is 0 Å². The molecule has 0 radical (unpaired) electrons. The lowest BCUT2D eigenvalue weighted by Crippen LogP contribution is -2.43. The molecule has 0 atom stereocenters. The van der Waals surface area contributed by atoms with Gasteiger partial charge in [0.2, 0.25) is 0 Å². The van der Waals surface area contributed by atoms with Crippen LogP contribution in [0.1, 0.15) is 36.7 Å². The first-order valence-electron chi connectivity index (χ1n) is 7.78. The zero-order chi connectivity index (χ0) is 17.3. The molecular formula is C17H29IN4OS. The number of halogens is 1. The summed E-state index contributed by atoms with van der Waals surface area (Å²) >= 11 is 1.81. The highest BCUT2D eigenvalue weighted by atomic mass is 127. The van der Waals surface area contributed by atoms with Crippen LogP contribution in [0.2, 0.25) is 0 Å². The maximum Gasteiger partial charge on any atom is 0.251 e. The van der Waals surface area contributed by atoms with E-state index in [-0.39, 0.29) is 34.6 Å². The first-order valence-corrected chi connectivity index (χ1v) is 9.01. The fourth-order valence-corrected chi connectivity index (χ4v) is 2.08.